The molecule has 2 aromatic rings. The number of halogens is 1. The van der Waals surface area contributed by atoms with E-state index in [-0.39, 0.29) is 11.9 Å². The summed E-state index contributed by atoms with van der Waals surface area (Å²) in [4.78, 5) is 23.3. The Hall–Kier alpha value is -1.31. The molecule has 2 rings (SSSR count). The highest BCUT2D eigenvalue weighted by Crippen LogP contribution is 2.21. The molecule has 5 nitrogen and oxygen atoms in total. The number of amides is 1. The lowest BCUT2D eigenvalue weighted by molar-refractivity contribution is -0.120. The van der Waals surface area contributed by atoms with E-state index in [1.807, 2.05) is 24.3 Å². The second kappa shape index (κ2) is 6.92. The largest absolute Gasteiger partial charge is 0.293 e. The molecule has 0 bridgehead atoms. The molecule has 0 saturated heterocycles. The van der Waals surface area contributed by atoms with Crippen molar-refractivity contribution < 1.29 is 4.79 Å². The molecule has 0 saturated carbocycles. The SMILES string of the molecule is CC(C(=O)Nc1ncccn1)N(C)Cc1cc(Br)cs1. The van der Waals surface area contributed by atoms with Crippen LogP contribution in [0.1, 0.15) is 11.8 Å². The summed E-state index contributed by atoms with van der Waals surface area (Å²) < 4.78 is 1.07. The first kappa shape index (κ1) is 15.1. The average Bonchev–Trinajstić information content (AvgIpc) is 2.84. The first-order valence-corrected chi connectivity index (χ1v) is 7.74. The van der Waals surface area contributed by atoms with Gasteiger partial charge in [-0.1, -0.05) is 0 Å². The number of thiophene rings is 1. The normalized spacial score (nSPS) is 12.4. The number of rotatable bonds is 5. The summed E-state index contributed by atoms with van der Waals surface area (Å²) in [5, 5.41) is 4.74. The lowest BCUT2D eigenvalue weighted by atomic mass is 10.2. The van der Waals surface area contributed by atoms with Gasteiger partial charge in [0.25, 0.3) is 0 Å². The van der Waals surface area contributed by atoms with E-state index in [1.165, 1.54) is 4.88 Å². The molecule has 1 N–H and O–H groups in total. The van der Waals surface area contributed by atoms with Crippen LogP contribution in [0.15, 0.2) is 34.4 Å². The smallest absolute Gasteiger partial charge is 0.243 e. The number of anilines is 1. The van der Waals surface area contributed by atoms with Crippen LogP contribution in [0.2, 0.25) is 0 Å². The first-order valence-electron chi connectivity index (χ1n) is 6.07. The van der Waals surface area contributed by atoms with Gasteiger partial charge in [-0.15, -0.1) is 11.3 Å². The van der Waals surface area contributed by atoms with Gasteiger partial charge in [-0.3, -0.25) is 15.0 Å². The van der Waals surface area contributed by atoms with Crippen LogP contribution in [-0.2, 0) is 11.3 Å². The number of nitrogens with one attached hydrogen (secondary N) is 1. The molecule has 2 aromatic heterocycles. The lowest BCUT2D eigenvalue weighted by Crippen LogP contribution is -2.39. The molecule has 2 heterocycles. The monoisotopic (exact) mass is 354 g/mol. The van der Waals surface area contributed by atoms with E-state index in [0.29, 0.717) is 5.95 Å². The molecular weight excluding hydrogens is 340 g/mol. The molecule has 0 aliphatic heterocycles. The molecule has 0 aromatic carbocycles. The van der Waals surface area contributed by atoms with E-state index in [9.17, 15) is 4.79 Å². The molecule has 7 heteroatoms. The third-order valence-electron chi connectivity index (χ3n) is 2.87. The van der Waals surface area contributed by atoms with Crippen LogP contribution in [0.5, 0.6) is 0 Å². The minimum Gasteiger partial charge on any atom is -0.293 e. The van der Waals surface area contributed by atoms with Crippen molar-refractivity contribution in [2.75, 3.05) is 12.4 Å². The number of carbonyl (C=O) groups excluding carboxylic acids is 1. The summed E-state index contributed by atoms with van der Waals surface area (Å²) in [6.45, 7) is 2.58. The fourth-order valence-electron chi connectivity index (χ4n) is 1.60. The average molecular weight is 355 g/mol. The predicted molar refractivity (Wildman–Crippen MR) is 83.6 cm³/mol. The zero-order chi connectivity index (χ0) is 14.5. The Morgan fingerprint density at radius 3 is 2.80 bits per heavy atom. The molecule has 1 amide bonds. The van der Waals surface area contributed by atoms with Crippen LogP contribution in [0.25, 0.3) is 0 Å². The molecule has 0 spiro atoms. The summed E-state index contributed by atoms with van der Waals surface area (Å²) >= 11 is 5.09. The highest BCUT2D eigenvalue weighted by molar-refractivity contribution is 9.10. The van der Waals surface area contributed by atoms with Gasteiger partial charge in [0, 0.05) is 33.7 Å². The molecule has 1 unspecified atom stereocenters. The van der Waals surface area contributed by atoms with Gasteiger partial charge in [-0.2, -0.15) is 0 Å². The van der Waals surface area contributed by atoms with Crippen molar-refractivity contribution in [3.8, 4) is 0 Å². The van der Waals surface area contributed by atoms with Gasteiger partial charge in [0.05, 0.1) is 6.04 Å². The van der Waals surface area contributed by atoms with Gasteiger partial charge in [0.15, 0.2) is 0 Å². The third-order valence-corrected chi connectivity index (χ3v) is 4.55. The van der Waals surface area contributed by atoms with Crippen molar-refractivity contribution in [1.29, 1.82) is 0 Å². The Bertz CT molecular complexity index is 575. The van der Waals surface area contributed by atoms with Crippen LogP contribution >= 0.6 is 27.3 Å². The Balaban J connectivity index is 1.92. The minimum absolute atomic E-state index is 0.116. The fourth-order valence-corrected chi connectivity index (χ4v) is 3.11. The topological polar surface area (TPSA) is 58.1 Å². The van der Waals surface area contributed by atoms with E-state index < -0.39 is 0 Å². The van der Waals surface area contributed by atoms with Crippen molar-refractivity contribution in [3.63, 3.8) is 0 Å². The summed E-state index contributed by atoms with van der Waals surface area (Å²) in [7, 11) is 1.92. The third kappa shape index (κ3) is 4.09. The molecule has 0 fully saturated rings. The maximum Gasteiger partial charge on any atom is 0.243 e. The van der Waals surface area contributed by atoms with Gasteiger partial charge >= 0.3 is 0 Å². The quantitative estimate of drug-likeness (QED) is 0.896. The van der Waals surface area contributed by atoms with Crippen molar-refractivity contribution in [2.45, 2.75) is 19.5 Å². The second-order valence-corrected chi connectivity index (χ2v) is 6.30. The van der Waals surface area contributed by atoms with E-state index in [1.54, 1.807) is 29.8 Å². The lowest BCUT2D eigenvalue weighted by Gasteiger charge is -2.22. The first-order chi connectivity index (χ1) is 9.56. The minimum atomic E-state index is -0.264. The number of nitrogens with zero attached hydrogens (tertiary/aromatic N) is 3. The standard InChI is InChI=1S/C13H15BrN4OS/c1-9(12(19)17-13-15-4-3-5-16-13)18(2)7-11-6-10(14)8-20-11/h3-6,8-9H,7H2,1-2H3,(H,15,16,17,19). The van der Waals surface area contributed by atoms with E-state index in [4.69, 9.17) is 0 Å². The number of aromatic nitrogens is 2. The van der Waals surface area contributed by atoms with Crippen LogP contribution in [-0.4, -0.2) is 33.9 Å². The van der Waals surface area contributed by atoms with Crippen molar-refractivity contribution in [2.24, 2.45) is 0 Å². The van der Waals surface area contributed by atoms with Crippen molar-refractivity contribution in [1.82, 2.24) is 14.9 Å². The zero-order valence-electron chi connectivity index (χ0n) is 11.2. The van der Waals surface area contributed by atoms with Gasteiger partial charge in [-0.05, 0) is 42.0 Å². The summed E-state index contributed by atoms with van der Waals surface area (Å²) in [5.74, 6) is 0.214. The van der Waals surface area contributed by atoms with Gasteiger partial charge < -0.3 is 0 Å². The second-order valence-electron chi connectivity index (χ2n) is 4.38. The molecule has 20 heavy (non-hydrogen) atoms. The number of hydrogen-bond donors (Lipinski definition) is 1. The van der Waals surface area contributed by atoms with Crippen LogP contribution in [0.4, 0.5) is 5.95 Å². The molecule has 106 valence electrons. The van der Waals surface area contributed by atoms with Gasteiger partial charge in [-0.25, -0.2) is 9.97 Å². The molecule has 0 aliphatic carbocycles. The fraction of sp³-hybridized carbons (Fsp3) is 0.308. The van der Waals surface area contributed by atoms with Crippen LogP contribution in [0, 0.1) is 0 Å². The highest BCUT2D eigenvalue weighted by Gasteiger charge is 2.19. The summed E-state index contributed by atoms with van der Waals surface area (Å²) in [5.41, 5.74) is 0. The molecular formula is C13H15BrN4OS. The summed E-state index contributed by atoms with van der Waals surface area (Å²) in [6.07, 6.45) is 3.19. The van der Waals surface area contributed by atoms with Gasteiger partial charge in [0.2, 0.25) is 11.9 Å². The Morgan fingerprint density at radius 1 is 1.50 bits per heavy atom. The van der Waals surface area contributed by atoms with Crippen LogP contribution in [0.3, 0.4) is 0 Å². The van der Waals surface area contributed by atoms with Crippen LogP contribution < -0.4 is 5.32 Å². The zero-order valence-corrected chi connectivity index (χ0v) is 13.6. The highest BCUT2D eigenvalue weighted by atomic mass is 79.9. The Labute approximate surface area is 130 Å². The Kier molecular flexibility index (Phi) is 5.22. The van der Waals surface area contributed by atoms with E-state index >= 15 is 0 Å². The number of hydrogen-bond acceptors (Lipinski definition) is 5. The van der Waals surface area contributed by atoms with E-state index in [0.717, 1.165) is 11.0 Å². The van der Waals surface area contributed by atoms with Gasteiger partial charge in [0.1, 0.15) is 0 Å². The molecule has 1 atom stereocenters. The maximum absolute atomic E-state index is 12.1. The Morgan fingerprint density at radius 2 is 2.20 bits per heavy atom. The van der Waals surface area contributed by atoms with Crippen molar-refractivity contribution >= 4 is 39.1 Å². The number of likely N-dealkylation sites (N-methyl/N-ethyl adjacent to an activating group) is 1. The molecule has 0 aliphatic rings. The van der Waals surface area contributed by atoms with E-state index in [2.05, 4.69) is 37.3 Å². The summed E-state index contributed by atoms with van der Waals surface area (Å²) in [6, 6.07) is 3.51. The maximum atomic E-state index is 12.1. The van der Waals surface area contributed by atoms with Crippen molar-refractivity contribution in [3.05, 3.63) is 39.3 Å². The predicted octanol–water partition coefficient (Wildman–Crippen LogP) is 2.76. The molecule has 0 radical (unpaired) electrons. The number of carbonyl (C=O) groups is 1.